The van der Waals surface area contributed by atoms with Crippen molar-refractivity contribution in [1.29, 1.82) is 0 Å². The minimum atomic E-state index is -0.502. The Hall–Kier alpha value is -2.97. The zero-order valence-electron chi connectivity index (χ0n) is 15.3. The zero-order chi connectivity index (χ0) is 20.8. The van der Waals surface area contributed by atoms with Crippen LogP contribution in [0.3, 0.4) is 0 Å². The lowest BCUT2D eigenvalue weighted by atomic mass is 10.2. The molecule has 0 aliphatic rings. The second kappa shape index (κ2) is 9.49. The summed E-state index contributed by atoms with van der Waals surface area (Å²) < 4.78 is 13.7. The van der Waals surface area contributed by atoms with Gasteiger partial charge in [-0.3, -0.25) is 9.59 Å². The van der Waals surface area contributed by atoms with Crippen molar-refractivity contribution in [3.05, 3.63) is 76.8 Å². The first-order valence-corrected chi connectivity index (χ1v) is 9.86. The van der Waals surface area contributed by atoms with Crippen LogP contribution in [-0.4, -0.2) is 21.8 Å². The van der Waals surface area contributed by atoms with Crippen LogP contribution in [0.2, 0.25) is 5.02 Å². The number of hydrogen-bond donors (Lipinski definition) is 2. The van der Waals surface area contributed by atoms with Gasteiger partial charge in [0.25, 0.3) is 5.91 Å². The third kappa shape index (κ3) is 5.75. The van der Waals surface area contributed by atoms with Gasteiger partial charge < -0.3 is 10.6 Å². The molecule has 6 nitrogen and oxygen atoms in total. The van der Waals surface area contributed by atoms with Crippen molar-refractivity contribution in [3.8, 4) is 0 Å². The van der Waals surface area contributed by atoms with E-state index in [0.29, 0.717) is 27.8 Å². The molecule has 148 valence electrons. The van der Waals surface area contributed by atoms with E-state index >= 15 is 0 Å². The number of rotatable bonds is 6. The molecular formula is C20H16ClFN4O2S. The largest absolute Gasteiger partial charge is 0.326 e. The second-order valence-electron chi connectivity index (χ2n) is 5.94. The van der Waals surface area contributed by atoms with E-state index in [1.807, 2.05) is 0 Å². The van der Waals surface area contributed by atoms with Gasteiger partial charge in [0.15, 0.2) is 10.9 Å². The van der Waals surface area contributed by atoms with Crippen LogP contribution in [0.4, 0.5) is 15.8 Å². The van der Waals surface area contributed by atoms with Crippen molar-refractivity contribution < 1.29 is 14.0 Å². The molecule has 0 aliphatic carbocycles. The van der Waals surface area contributed by atoms with E-state index in [0.717, 1.165) is 0 Å². The number of carbonyl (C=O) groups is 2. The summed E-state index contributed by atoms with van der Waals surface area (Å²) in [5.41, 5.74) is 1.66. The fraction of sp³-hybridized carbons (Fsp3) is 0.100. The first kappa shape index (κ1) is 20.8. The molecule has 0 fully saturated rings. The van der Waals surface area contributed by atoms with Crippen LogP contribution in [0.25, 0.3) is 0 Å². The highest BCUT2D eigenvalue weighted by Crippen LogP contribution is 2.24. The van der Waals surface area contributed by atoms with Gasteiger partial charge in [-0.2, -0.15) is 0 Å². The minimum Gasteiger partial charge on any atom is -0.326 e. The first-order chi connectivity index (χ1) is 13.9. The number of benzene rings is 2. The van der Waals surface area contributed by atoms with Crippen LogP contribution in [0.1, 0.15) is 23.0 Å². The number of hydrogen-bond acceptors (Lipinski definition) is 5. The molecule has 0 saturated heterocycles. The van der Waals surface area contributed by atoms with E-state index in [1.165, 1.54) is 30.9 Å². The summed E-state index contributed by atoms with van der Waals surface area (Å²) in [4.78, 5) is 31.9. The van der Waals surface area contributed by atoms with E-state index in [2.05, 4.69) is 20.6 Å². The molecule has 3 aromatic rings. The molecule has 1 heterocycles. The van der Waals surface area contributed by atoms with Crippen molar-refractivity contribution >= 4 is 46.6 Å². The van der Waals surface area contributed by atoms with Gasteiger partial charge in [0.2, 0.25) is 5.91 Å². The predicted octanol–water partition coefficient (Wildman–Crippen LogP) is 4.77. The van der Waals surface area contributed by atoms with Gasteiger partial charge in [0.05, 0.1) is 11.2 Å². The van der Waals surface area contributed by atoms with Gasteiger partial charge in [-0.15, -0.1) is 0 Å². The standard InChI is InChI=1S/C20H16ClFN4O2S/c1-12(27)24-14-6-8-15(9-7-14)25-19(28)18-16(21)10-23-20(26-18)29-11-13-4-2-3-5-17(13)22/h2-10H,11H2,1H3,(H,24,27)(H,25,28). The van der Waals surface area contributed by atoms with Crippen LogP contribution >= 0.6 is 23.4 Å². The topological polar surface area (TPSA) is 84.0 Å². The predicted molar refractivity (Wildman–Crippen MR) is 112 cm³/mol. The third-order valence-corrected chi connectivity index (χ3v) is 4.90. The Balaban J connectivity index is 1.69. The lowest BCUT2D eigenvalue weighted by molar-refractivity contribution is -0.114. The van der Waals surface area contributed by atoms with Crippen molar-refractivity contribution in [2.45, 2.75) is 17.8 Å². The monoisotopic (exact) mass is 430 g/mol. The second-order valence-corrected chi connectivity index (χ2v) is 7.29. The van der Waals surface area contributed by atoms with Crippen molar-refractivity contribution in [2.24, 2.45) is 0 Å². The number of aromatic nitrogens is 2. The zero-order valence-corrected chi connectivity index (χ0v) is 16.9. The molecule has 0 saturated carbocycles. The number of carbonyl (C=O) groups excluding carboxylic acids is 2. The van der Waals surface area contributed by atoms with E-state index in [1.54, 1.807) is 42.5 Å². The fourth-order valence-corrected chi connectivity index (χ4v) is 3.35. The van der Waals surface area contributed by atoms with Crippen molar-refractivity contribution in [2.75, 3.05) is 10.6 Å². The molecule has 0 spiro atoms. The summed E-state index contributed by atoms with van der Waals surface area (Å²) in [7, 11) is 0. The SMILES string of the molecule is CC(=O)Nc1ccc(NC(=O)c2nc(SCc3ccccc3F)ncc2Cl)cc1. The number of nitrogens with zero attached hydrogens (tertiary/aromatic N) is 2. The minimum absolute atomic E-state index is 0.0173. The maximum absolute atomic E-state index is 13.7. The van der Waals surface area contributed by atoms with Gasteiger partial charge in [0, 0.05) is 24.1 Å². The van der Waals surface area contributed by atoms with E-state index in [9.17, 15) is 14.0 Å². The number of anilines is 2. The first-order valence-electron chi connectivity index (χ1n) is 8.50. The van der Waals surface area contributed by atoms with Crippen molar-refractivity contribution in [3.63, 3.8) is 0 Å². The lowest BCUT2D eigenvalue weighted by Crippen LogP contribution is -2.15. The van der Waals surface area contributed by atoms with Gasteiger partial charge in [-0.1, -0.05) is 41.6 Å². The Kier molecular flexibility index (Phi) is 6.79. The Bertz CT molecular complexity index is 1050. The smallest absolute Gasteiger partial charge is 0.275 e. The average Bonchev–Trinajstić information content (AvgIpc) is 2.69. The molecule has 29 heavy (non-hydrogen) atoms. The quantitative estimate of drug-likeness (QED) is 0.434. The van der Waals surface area contributed by atoms with Crippen LogP contribution in [0, 0.1) is 5.82 Å². The number of amides is 2. The number of halogens is 2. The van der Waals surface area contributed by atoms with Crippen LogP contribution < -0.4 is 10.6 Å². The van der Waals surface area contributed by atoms with Crippen LogP contribution in [-0.2, 0) is 10.5 Å². The van der Waals surface area contributed by atoms with Gasteiger partial charge >= 0.3 is 0 Å². The molecule has 2 N–H and O–H groups in total. The molecular weight excluding hydrogens is 415 g/mol. The molecule has 0 atom stereocenters. The van der Waals surface area contributed by atoms with Crippen LogP contribution in [0.15, 0.2) is 59.9 Å². The fourth-order valence-electron chi connectivity index (χ4n) is 2.37. The maximum Gasteiger partial charge on any atom is 0.275 e. The van der Waals surface area contributed by atoms with Gasteiger partial charge in [-0.25, -0.2) is 14.4 Å². The molecule has 0 radical (unpaired) electrons. The Labute approximate surface area is 175 Å². The maximum atomic E-state index is 13.7. The van der Waals surface area contributed by atoms with E-state index in [4.69, 9.17) is 11.6 Å². The summed E-state index contributed by atoms with van der Waals surface area (Å²) in [6, 6.07) is 13.0. The molecule has 2 aromatic carbocycles. The summed E-state index contributed by atoms with van der Waals surface area (Å²) in [5.74, 6) is -0.679. The summed E-state index contributed by atoms with van der Waals surface area (Å²) >= 11 is 7.28. The van der Waals surface area contributed by atoms with Gasteiger partial charge in [-0.05, 0) is 35.9 Å². The highest BCUT2D eigenvalue weighted by atomic mass is 35.5. The average molecular weight is 431 g/mol. The molecule has 0 bridgehead atoms. The molecule has 0 aliphatic heterocycles. The molecule has 2 amide bonds. The summed E-state index contributed by atoms with van der Waals surface area (Å²) in [6.07, 6.45) is 1.34. The summed E-state index contributed by atoms with van der Waals surface area (Å²) in [5, 5.41) is 5.75. The van der Waals surface area contributed by atoms with Gasteiger partial charge in [0.1, 0.15) is 5.82 Å². The Morgan fingerprint density at radius 1 is 1.07 bits per heavy atom. The highest BCUT2D eigenvalue weighted by molar-refractivity contribution is 7.98. The number of thioether (sulfide) groups is 1. The van der Waals surface area contributed by atoms with E-state index in [-0.39, 0.29) is 22.4 Å². The molecule has 1 aromatic heterocycles. The molecule has 0 unspecified atom stereocenters. The lowest BCUT2D eigenvalue weighted by Gasteiger charge is -2.09. The molecule has 3 rings (SSSR count). The Morgan fingerprint density at radius 2 is 1.72 bits per heavy atom. The van der Waals surface area contributed by atoms with E-state index < -0.39 is 5.91 Å². The third-order valence-electron chi connectivity index (χ3n) is 3.71. The van der Waals surface area contributed by atoms with Crippen molar-refractivity contribution in [1.82, 2.24) is 9.97 Å². The normalized spacial score (nSPS) is 10.4. The molecule has 9 heteroatoms. The highest BCUT2D eigenvalue weighted by Gasteiger charge is 2.15. The van der Waals surface area contributed by atoms with Crippen LogP contribution in [0.5, 0.6) is 0 Å². The summed E-state index contributed by atoms with van der Waals surface area (Å²) in [6.45, 7) is 1.41. The number of nitrogens with one attached hydrogen (secondary N) is 2. The Morgan fingerprint density at radius 3 is 2.38 bits per heavy atom.